The number of unbranched alkanes of at least 4 members (excludes halogenated alkanes) is 2. The van der Waals surface area contributed by atoms with E-state index in [-0.39, 0.29) is 5.91 Å². The minimum atomic E-state index is -0.359. The Labute approximate surface area is 163 Å². The first kappa shape index (κ1) is 19.1. The van der Waals surface area contributed by atoms with Gasteiger partial charge in [0, 0.05) is 29.0 Å². The molecule has 1 amide bonds. The van der Waals surface area contributed by atoms with Gasteiger partial charge in [0.2, 0.25) is 5.91 Å². The van der Waals surface area contributed by atoms with Crippen LogP contribution in [0.25, 0.3) is 22.6 Å². The van der Waals surface area contributed by atoms with Crippen molar-refractivity contribution in [2.24, 2.45) is 0 Å². The highest BCUT2D eigenvalue weighted by Crippen LogP contribution is 2.33. The van der Waals surface area contributed by atoms with Crippen LogP contribution in [0.4, 0.5) is 0 Å². The van der Waals surface area contributed by atoms with E-state index in [9.17, 15) is 4.79 Å². The summed E-state index contributed by atoms with van der Waals surface area (Å²) in [5, 5.41) is 9.18. The molecule has 0 unspecified atom stereocenters. The van der Waals surface area contributed by atoms with Gasteiger partial charge in [-0.25, -0.2) is 10.5 Å². The van der Waals surface area contributed by atoms with Crippen LogP contribution in [0.3, 0.4) is 0 Å². The second-order valence-electron chi connectivity index (χ2n) is 6.25. The molecule has 27 heavy (non-hydrogen) atoms. The van der Waals surface area contributed by atoms with E-state index in [0.29, 0.717) is 30.2 Å². The van der Waals surface area contributed by atoms with Crippen molar-refractivity contribution < 1.29 is 14.4 Å². The summed E-state index contributed by atoms with van der Waals surface area (Å²) in [6.45, 7) is 0. The lowest BCUT2D eigenvalue weighted by atomic mass is 10.1. The summed E-state index contributed by atoms with van der Waals surface area (Å²) in [5.41, 5.74) is 4.38. The number of aryl methyl sites for hydroxylation is 1. The number of carbonyl (C=O) groups excluding carboxylic acids is 1. The molecule has 0 aliphatic rings. The smallest absolute Gasteiger partial charge is 0.243 e. The fraction of sp³-hybridized carbons (Fsp3) is 0.238. The van der Waals surface area contributed by atoms with Crippen LogP contribution in [0.15, 0.2) is 59.0 Å². The Hall–Kier alpha value is -2.63. The number of amides is 1. The van der Waals surface area contributed by atoms with Gasteiger partial charge in [-0.05, 0) is 37.1 Å². The van der Waals surface area contributed by atoms with Crippen molar-refractivity contribution in [2.75, 3.05) is 0 Å². The van der Waals surface area contributed by atoms with Crippen LogP contribution < -0.4 is 5.48 Å². The van der Waals surface area contributed by atoms with Crippen molar-refractivity contribution in [3.05, 3.63) is 65.5 Å². The first-order chi connectivity index (χ1) is 13.2. The Morgan fingerprint density at radius 3 is 2.44 bits per heavy atom. The zero-order valence-electron chi connectivity index (χ0n) is 14.8. The van der Waals surface area contributed by atoms with E-state index in [1.165, 1.54) is 0 Å². The molecule has 0 aliphatic heterocycles. The van der Waals surface area contributed by atoms with E-state index in [2.05, 4.69) is 0 Å². The third-order valence-corrected chi connectivity index (χ3v) is 4.50. The van der Waals surface area contributed by atoms with Crippen LogP contribution in [0, 0.1) is 0 Å². The lowest BCUT2D eigenvalue weighted by Gasteiger charge is -2.01. The van der Waals surface area contributed by atoms with Crippen LogP contribution in [-0.4, -0.2) is 16.1 Å². The molecule has 0 bridgehead atoms. The standard InChI is InChI=1S/C21H21ClN2O3/c22-17-13-11-16(12-14-17)21-20(15-7-3-1-4-8-15)23-19(27-21)10-6-2-5-9-18(25)24-26/h1,3-4,7-8,11-14,26H,2,5-6,9-10H2,(H,24,25). The van der Waals surface area contributed by atoms with Crippen LogP contribution in [0.5, 0.6) is 0 Å². The predicted octanol–water partition coefficient (Wildman–Crippen LogP) is 5.27. The first-order valence-electron chi connectivity index (χ1n) is 8.91. The molecule has 0 saturated carbocycles. The summed E-state index contributed by atoms with van der Waals surface area (Å²) >= 11 is 6.00. The number of hydrogen-bond donors (Lipinski definition) is 2. The lowest BCUT2D eigenvalue weighted by Crippen LogP contribution is -2.17. The second-order valence-corrected chi connectivity index (χ2v) is 6.69. The molecule has 0 saturated heterocycles. The Bertz CT molecular complexity index is 876. The van der Waals surface area contributed by atoms with Gasteiger partial charge in [-0.3, -0.25) is 10.0 Å². The molecule has 0 spiro atoms. The number of nitrogens with one attached hydrogen (secondary N) is 1. The van der Waals surface area contributed by atoms with Crippen LogP contribution in [0.1, 0.15) is 31.6 Å². The van der Waals surface area contributed by atoms with Gasteiger partial charge in [0.25, 0.3) is 0 Å². The fourth-order valence-corrected chi connectivity index (χ4v) is 2.98. The van der Waals surface area contributed by atoms with Gasteiger partial charge < -0.3 is 4.42 Å². The third kappa shape index (κ3) is 5.18. The van der Waals surface area contributed by atoms with Gasteiger partial charge in [-0.2, -0.15) is 0 Å². The summed E-state index contributed by atoms with van der Waals surface area (Å²) in [6, 6.07) is 17.4. The number of halogens is 1. The summed E-state index contributed by atoms with van der Waals surface area (Å²) < 4.78 is 6.07. The zero-order valence-corrected chi connectivity index (χ0v) is 15.6. The largest absolute Gasteiger partial charge is 0.440 e. The predicted molar refractivity (Wildman–Crippen MR) is 104 cm³/mol. The van der Waals surface area contributed by atoms with E-state index >= 15 is 0 Å². The molecule has 140 valence electrons. The Morgan fingerprint density at radius 2 is 1.74 bits per heavy atom. The molecule has 2 N–H and O–H groups in total. The maximum Gasteiger partial charge on any atom is 0.243 e. The number of aromatic nitrogens is 1. The van der Waals surface area contributed by atoms with Crippen molar-refractivity contribution in [1.29, 1.82) is 0 Å². The Balaban J connectivity index is 1.76. The minimum Gasteiger partial charge on any atom is -0.440 e. The van der Waals surface area contributed by atoms with Crippen molar-refractivity contribution in [2.45, 2.75) is 32.1 Å². The van der Waals surface area contributed by atoms with Crippen molar-refractivity contribution >= 4 is 17.5 Å². The van der Waals surface area contributed by atoms with Crippen molar-refractivity contribution in [3.8, 4) is 22.6 Å². The average Bonchev–Trinajstić information content (AvgIpc) is 3.13. The maximum absolute atomic E-state index is 11.0. The number of hydrogen-bond acceptors (Lipinski definition) is 4. The molecule has 0 radical (unpaired) electrons. The quantitative estimate of drug-likeness (QED) is 0.315. The first-order valence-corrected chi connectivity index (χ1v) is 9.29. The number of nitrogens with zero attached hydrogens (tertiary/aromatic N) is 1. The zero-order chi connectivity index (χ0) is 19.1. The maximum atomic E-state index is 11.0. The van der Waals surface area contributed by atoms with Crippen LogP contribution in [0.2, 0.25) is 5.02 Å². The molecular formula is C21H21ClN2O3. The third-order valence-electron chi connectivity index (χ3n) is 4.24. The van der Waals surface area contributed by atoms with E-state index in [0.717, 1.165) is 35.4 Å². The second kappa shape index (κ2) is 9.35. The van der Waals surface area contributed by atoms with E-state index in [1.54, 1.807) is 5.48 Å². The van der Waals surface area contributed by atoms with Gasteiger partial charge in [0.1, 0.15) is 5.69 Å². The highest BCUT2D eigenvalue weighted by Gasteiger charge is 2.16. The summed E-state index contributed by atoms with van der Waals surface area (Å²) in [4.78, 5) is 15.7. The topological polar surface area (TPSA) is 75.4 Å². The van der Waals surface area contributed by atoms with Gasteiger partial charge in [-0.1, -0.05) is 48.4 Å². The minimum absolute atomic E-state index is 0.313. The van der Waals surface area contributed by atoms with E-state index in [4.69, 9.17) is 26.2 Å². The summed E-state index contributed by atoms with van der Waals surface area (Å²) in [6.07, 6.45) is 3.42. The molecule has 1 aromatic heterocycles. The summed E-state index contributed by atoms with van der Waals surface area (Å²) in [7, 11) is 0. The van der Waals surface area contributed by atoms with E-state index in [1.807, 2.05) is 54.6 Å². The molecule has 6 heteroatoms. The molecule has 2 aromatic carbocycles. The number of hydroxylamine groups is 1. The van der Waals surface area contributed by atoms with Gasteiger partial charge in [-0.15, -0.1) is 0 Å². The van der Waals surface area contributed by atoms with Gasteiger partial charge in [0.05, 0.1) is 0 Å². The fourth-order valence-electron chi connectivity index (χ4n) is 2.85. The monoisotopic (exact) mass is 384 g/mol. The van der Waals surface area contributed by atoms with Crippen LogP contribution >= 0.6 is 11.6 Å². The van der Waals surface area contributed by atoms with Crippen LogP contribution in [-0.2, 0) is 11.2 Å². The highest BCUT2D eigenvalue weighted by atomic mass is 35.5. The molecular weight excluding hydrogens is 364 g/mol. The molecule has 3 aromatic rings. The number of benzene rings is 2. The highest BCUT2D eigenvalue weighted by molar-refractivity contribution is 6.30. The Kier molecular flexibility index (Phi) is 6.63. The normalized spacial score (nSPS) is 10.7. The molecule has 5 nitrogen and oxygen atoms in total. The summed E-state index contributed by atoms with van der Waals surface area (Å²) in [5.74, 6) is 1.04. The number of carbonyl (C=O) groups is 1. The Morgan fingerprint density at radius 1 is 1.00 bits per heavy atom. The van der Waals surface area contributed by atoms with Crippen molar-refractivity contribution in [1.82, 2.24) is 10.5 Å². The molecule has 3 rings (SSSR count). The molecule has 0 aliphatic carbocycles. The molecule has 0 atom stereocenters. The molecule has 0 fully saturated rings. The van der Waals surface area contributed by atoms with Crippen molar-refractivity contribution in [3.63, 3.8) is 0 Å². The lowest BCUT2D eigenvalue weighted by molar-refractivity contribution is -0.129. The SMILES string of the molecule is O=C(CCCCCc1nc(-c2ccccc2)c(-c2ccc(Cl)cc2)o1)NO. The van der Waals surface area contributed by atoms with Gasteiger partial charge in [0.15, 0.2) is 11.7 Å². The van der Waals surface area contributed by atoms with Gasteiger partial charge >= 0.3 is 0 Å². The average molecular weight is 385 g/mol. The van der Waals surface area contributed by atoms with E-state index < -0.39 is 0 Å². The molecule has 1 heterocycles. The number of rotatable bonds is 8. The number of oxazole rings is 1.